The van der Waals surface area contributed by atoms with Crippen molar-refractivity contribution < 1.29 is 17.9 Å². The molecule has 1 rings (SSSR count). The molecule has 6 nitrogen and oxygen atoms in total. The maximum Gasteiger partial charge on any atom is 0.232 e. The molecule has 0 radical (unpaired) electrons. The number of benzene rings is 1. The highest BCUT2D eigenvalue weighted by molar-refractivity contribution is 9.10. The summed E-state index contributed by atoms with van der Waals surface area (Å²) in [5, 5.41) is 2.67. The van der Waals surface area contributed by atoms with E-state index in [0.717, 1.165) is 16.3 Å². The molecule has 1 N–H and O–H groups in total. The molecule has 0 fully saturated rings. The molecule has 1 aromatic carbocycles. The van der Waals surface area contributed by atoms with E-state index in [1.807, 2.05) is 6.92 Å². The molecule has 0 bridgehead atoms. The van der Waals surface area contributed by atoms with Crippen molar-refractivity contribution in [1.82, 2.24) is 5.32 Å². The molecule has 124 valence electrons. The number of carbonyl (C=O) groups is 1. The van der Waals surface area contributed by atoms with E-state index in [2.05, 4.69) is 21.2 Å². The fourth-order valence-corrected chi connectivity index (χ4v) is 3.02. The lowest BCUT2D eigenvalue weighted by molar-refractivity contribution is -0.121. The third-order valence-electron chi connectivity index (χ3n) is 3.00. The van der Waals surface area contributed by atoms with E-state index in [1.165, 1.54) is 4.31 Å². The molecule has 0 heterocycles. The maximum atomic E-state index is 12.0. The van der Waals surface area contributed by atoms with Gasteiger partial charge in [0.25, 0.3) is 0 Å². The molecule has 0 aliphatic heterocycles. The molecule has 0 saturated heterocycles. The van der Waals surface area contributed by atoms with Gasteiger partial charge in [-0.3, -0.25) is 9.10 Å². The molecule has 1 amide bonds. The Balaban J connectivity index is 2.78. The molecule has 0 aliphatic rings. The van der Waals surface area contributed by atoms with Gasteiger partial charge in [0.2, 0.25) is 15.9 Å². The summed E-state index contributed by atoms with van der Waals surface area (Å²) in [7, 11) is -1.91. The van der Waals surface area contributed by atoms with E-state index in [1.54, 1.807) is 25.3 Å². The van der Waals surface area contributed by atoms with Crippen LogP contribution in [0.15, 0.2) is 22.7 Å². The number of anilines is 1. The van der Waals surface area contributed by atoms with Gasteiger partial charge < -0.3 is 10.1 Å². The SMILES string of the molecule is COCCNC(=O)CCN(c1ccc(Br)c(C)c1)S(C)(=O)=O. The van der Waals surface area contributed by atoms with Gasteiger partial charge in [0.15, 0.2) is 0 Å². The van der Waals surface area contributed by atoms with Crippen LogP contribution in [0.5, 0.6) is 0 Å². The van der Waals surface area contributed by atoms with Crippen LogP contribution in [0.4, 0.5) is 5.69 Å². The molecule has 22 heavy (non-hydrogen) atoms. The lowest BCUT2D eigenvalue weighted by Gasteiger charge is -2.22. The number of hydrogen-bond donors (Lipinski definition) is 1. The minimum Gasteiger partial charge on any atom is -0.383 e. The van der Waals surface area contributed by atoms with Crippen molar-refractivity contribution in [2.24, 2.45) is 0 Å². The smallest absolute Gasteiger partial charge is 0.232 e. The summed E-state index contributed by atoms with van der Waals surface area (Å²) in [6, 6.07) is 5.27. The predicted octanol–water partition coefficient (Wildman–Crippen LogP) is 1.68. The third-order valence-corrected chi connectivity index (χ3v) is 5.08. The Morgan fingerprint density at radius 1 is 1.41 bits per heavy atom. The molecule has 0 spiro atoms. The van der Waals surface area contributed by atoms with Gasteiger partial charge in [-0.2, -0.15) is 0 Å². The van der Waals surface area contributed by atoms with E-state index in [0.29, 0.717) is 18.8 Å². The van der Waals surface area contributed by atoms with Crippen LogP contribution in [0.1, 0.15) is 12.0 Å². The van der Waals surface area contributed by atoms with Gasteiger partial charge in [0.05, 0.1) is 18.6 Å². The van der Waals surface area contributed by atoms with E-state index < -0.39 is 10.0 Å². The highest BCUT2D eigenvalue weighted by atomic mass is 79.9. The Hall–Kier alpha value is -1.12. The van der Waals surface area contributed by atoms with Gasteiger partial charge in [-0.05, 0) is 30.7 Å². The monoisotopic (exact) mass is 392 g/mol. The first kappa shape index (κ1) is 18.9. The number of nitrogens with zero attached hydrogens (tertiary/aromatic N) is 1. The van der Waals surface area contributed by atoms with Crippen LogP contribution < -0.4 is 9.62 Å². The number of ether oxygens (including phenoxy) is 1. The normalized spacial score (nSPS) is 11.3. The van der Waals surface area contributed by atoms with Gasteiger partial charge in [0, 0.05) is 31.1 Å². The number of sulfonamides is 1. The molecule has 0 aliphatic carbocycles. The van der Waals surface area contributed by atoms with Crippen LogP contribution in [0.3, 0.4) is 0 Å². The second-order valence-corrected chi connectivity index (χ2v) is 7.62. The van der Waals surface area contributed by atoms with Crippen LogP contribution >= 0.6 is 15.9 Å². The molecule has 1 aromatic rings. The molecule has 8 heteroatoms. The van der Waals surface area contributed by atoms with Crippen LogP contribution in [-0.2, 0) is 19.6 Å². The highest BCUT2D eigenvalue weighted by Crippen LogP contribution is 2.24. The van der Waals surface area contributed by atoms with Crippen molar-refractivity contribution in [2.75, 3.05) is 37.4 Å². The number of nitrogens with one attached hydrogen (secondary N) is 1. The lowest BCUT2D eigenvalue weighted by Crippen LogP contribution is -2.35. The van der Waals surface area contributed by atoms with Crippen LogP contribution in [0.25, 0.3) is 0 Å². The number of hydrogen-bond acceptors (Lipinski definition) is 4. The highest BCUT2D eigenvalue weighted by Gasteiger charge is 2.19. The third kappa shape index (κ3) is 5.94. The number of halogens is 1. The lowest BCUT2D eigenvalue weighted by atomic mass is 10.2. The van der Waals surface area contributed by atoms with E-state index in [-0.39, 0.29) is 18.9 Å². The Morgan fingerprint density at radius 2 is 2.09 bits per heavy atom. The van der Waals surface area contributed by atoms with Crippen molar-refractivity contribution in [2.45, 2.75) is 13.3 Å². The summed E-state index contributed by atoms with van der Waals surface area (Å²) in [5.74, 6) is -0.209. The summed E-state index contributed by atoms with van der Waals surface area (Å²) < 4.78 is 30.9. The minimum absolute atomic E-state index is 0.0892. The average molecular weight is 393 g/mol. The number of rotatable bonds is 8. The zero-order valence-electron chi connectivity index (χ0n) is 12.9. The van der Waals surface area contributed by atoms with Gasteiger partial charge in [-0.1, -0.05) is 15.9 Å². The molecule has 0 unspecified atom stereocenters. The topological polar surface area (TPSA) is 75.7 Å². The summed E-state index contributed by atoms with van der Waals surface area (Å²) >= 11 is 3.38. The molecule has 0 aromatic heterocycles. The average Bonchev–Trinajstić information content (AvgIpc) is 2.41. The fourth-order valence-electron chi connectivity index (χ4n) is 1.85. The summed E-state index contributed by atoms with van der Waals surface area (Å²) in [6.45, 7) is 2.81. The van der Waals surface area contributed by atoms with Gasteiger partial charge >= 0.3 is 0 Å². The van der Waals surface area contributed by atoms with Crippen LogP contribution in [0.2, 0.25) is 0 Å². The van der Waals surface area contributed by atoms with Crippen molar-refractivity contribution >= 4 is 37.5 Å². The summed E-state index contributed by atoms with van der Waals surface area (Å²) in [6.07, 6.45) is 1.22. The first-order chi connectivity index (χ1) is 10.3. The van der Waals surface area contributed by atoms with Gasteiger partial charge in [-0.25, -0.2) is 8.42 Å². The summed E-state index contributed by atoms with van der Waals surface area (Å²) in [5.41, 5.74) is 1.48. The van der Waals surface area contributed by atoms with Crippen molar-refractivity contribution in [3.05, 3.63) is 28.2 Å². The second-order valence-electron chi connectivity index (χ2n) is 4.86. The quantitative estimate of drug-likeness (QED) is 0.682. The van der Waals surface area contributed by atoms with Gasteiger partial charge in [-0.15, -0.1) is 0 Å². The van der Waals surface area contributed by atoms with Crippen molar-refractivity contribution in [3.63, 3.8) is 0 Å². The van der Waals surface area contributed by atoms with Crippen LogP contribution in [0, 0.1) is 6.92 Å². The van der Waals surface area contributed by atoms with E-state index in [4.69, 9.17) is 4.74 Å². The maximum absolute atomic E-state index is 12.0. The standard InChI is InChI=1S/C14H21BrN2O4S/c1-11-10-12(4-5-13(11)15)17(22(3,19)20)8-6-14(18)16-7-9-21-2/h4-5,10H,6-9H2,1-3H3,(H,16,18). The van der Waals surface area contributed by atoms with Crippen molar-refractivity contribution in [3.8, 4) is 0 Å². The Bertz CT molecular complexity index is 619. The number of amides is 1. The minimum atomic E-state index is -3.46. The predicted molar refractivity (Wildman–Crippen MR) is 90.6 cm³/mol. The van der Waals surface area contributed by atoms with Gasteiger partial charge in [0.1, 0.15) is 0 Å². The number of carbonyl (C=O) groups excluding carboxylic acids is 1. The first-order valence-electron chi connectivity index (χ1n) is 6.75. The molecule has 0 saturated carbocycles. The number of aryl methyl sites for hydroxylation is 1. The fraction of sp³-hybridized carbons (Fsp3) is 0.500. The second kappa shape index (κ2) is 8.50. The Labute approximate surface area is 140 Å². The molecule has 0 atom stereocenters. The Kier molecular flexibility index (Phi) is 7.31. The summed E-state index contributed by atoms with van der Waals surface area (Å²) in [4.78, 5) is 11.7. The largest absolute Gasteiger partial charge is 0.383 e. The molecular formula is C14H21BrN2O4S. The molecular weight excluding hydrogens is 372 g/mol. The van der Waals surface area contributed by atoms with E-state index >= 15 is 0 Å². The Morgan fingerprint density at radius 3 is 2.64 bits per heavy atom. The van der Waals surface area contributed by atoms with Crippen molar-refractivity contribution in [1.29, 1.82) is 0 Å². The van der Waals surface area contributed by atoms with Crippen LogP contribution in [-0.4, -0.2) is 47.4 Å². The zero-order chi connectivity index (χ0) is 16.8. The van der Waals surface area contributed by atoms with E-state index in [9.17, 15) is 13.2 Å². The number of methoxy groups -OCH3 is 1. The first-order valence-corrected chi connectivity index (χ1v) is 9.39. The zero-order valence-corrected chi connectivity index (χ0v) is 15.3.